The molecule has 0 saturated carbocycles. The van der Waals surface area contributed by atoms with Crippen LogP contribution in [0.5, 0.6) is 0 Å². The third kappa shape index (κ3) is 2.83. The summed E-state index contributed by atoms with van der Waals surface area (Å²) in [7, 11) is 1.73. The molecule has 0 fully saturated rings. The summed E-state index contributed by atoms with van der Waals surface area (Å²) < 4.78 is 7.19. The third-order valence-corrected chi connectivity index (χ3v) is 3.84. The minimum absolute atomic E-state index is 0.0193. The SMILES string of the molecule is CCc1nnc(CN(C)C(=O)C2CCCCn3nnnc32)o1. The Morgan fingerprint density at radius 1 is 1.32 bits per heavy atom. The maximum absolute atomic E-state index is 12.7. The predicted molar refractivity (Wildman–Crippen MR) is 74.6 cm³/mol. The van der Waals surface area contributed by atoms with Gasteiger partial charge in [-0.25, -0.2) is 4.68 Å². The molecule has 0 radical (unpaired) electrons. The van der Waals surface area contributed by atoms with Crippen molar-refractivity contribution in [1.82, 2.24) is 35.3 Å². The van der Waals surface area contributed by atoms with Gasteiger partial charge in [0, 0.05) is 20.0 Å². The van der Waals surface area contributed by atoms with Gasteiger partial charge in [-0.2, -0.15) is 0 Å². The number of tetrazole rings is 1. The lowest BCUT2D eigenvalue weighted by Crippen LogP contribution is -2.32. The highest BCUT2D eigenvalue weighted by atomic mass is 16.4. The van der Waals surface area contributed by atoms with E-state index in [1.54, 1.807) is 16.6 Å². The van der Waals surface area contributed by atoms with Crippen LogP contribution < -0.4 is 0 Å². The Labute approximate surface area is 127 Å². The van der Waals surface area contributed by atoms with Crippen molar-refractivity contribution in [2.75, 3.05) is 7.05 Å². The van der Waals surface area contributed by atoms with Gasteiger partial charge in [0.05, 0.1) is 12.5 Å². The van der Waals surface area contributed by atoms with Crippen molar-refractivity contribution in [2.24, 2.45) is 0 Å². The Hall–Kier alpha value is -2.32. The minimum atomic E-state index is -0.309. The van der Waals surface area contributed by atoms with E-state index in [0.29, 0.717) is 30.6 Å². The number of nitrogens with zero attached hydrogens (tertiary/aromatic N) is 7. The van der Waals surface area contributed by atoms with Gasteiger partial charge in [0.25, 0.3) is 0 Å². The first kappa shape index (κ1) is 14.6. The van der Waals surface area contributed by atoms with E-state index in [4.69, 9.17) is 4.42 Å². The van der Waals surface area contributed by atoms with Crippen molar-refractivity contribution < 1.29 is 9.21 Å². The summed E-state index contributed by atoms with van der Waals surface area (Å²) >= 11 is 0. The summed E-state index contributed by atoms with van der Waals surface area (Å²) in [4.78, 5) is 14.3. The molecule has 9 nitrogen and oxygen atoms in total. The lowest BCUT2D eigenvalue weighted by molar-refractivity contribution is -0.132. The fraction of sp³-hybridized carbons (Fsp3) is 0.692. The van der Waals surface area contributed by atoms with E-state index < -0.39 is 0 Å². The highest BCUT2D eigenvalue weighted by molar-refractivity contribution is 5.82. The Balaban J connectivity index is 1.73. The Morgan fingerprint density at radius 3 is 2.91 bits per heavy atom. The fourth-order valence-electron chi connectivity index (χ4n) is 2.64. The van der Waals surface area contributed by atoms with Gasteiger partial charge in [-0.15, -0.1) is 15.3 Å². The lowest BCUT2D eigenvalue weighted by atomic mass is 10.0. The number of hydrogen-bond donors (Lipinski definition) is 0. The monoisotopic (exact) mass is 305 g/mol. The van der Waals surface area contributed by atoms with Crippen LogP contribution in [0, 0.1) is 0 Å². The standard InChI is InChI=1S/C13H19N7O2/c1-3-10-14-15-11(22-10)8-19(2)13(21)9-6-4-5-7-20-12(9)16-17-18-20/h9H,3-8H2,1-2H3. The van der Waals surface area contributed by atoms with Crippen LogP contribution in [0.15, 0.2) is 4.42 Å². The van der Waals surface area contributed by atoms with Crippen LogP contribution >= 0.6 is 0 Å². The topological polar surface area (TPSA) is 103 Å². The number of hydrogen-bond acceptors (Lipinski definition) is 7. The summed E-state index contributed by atoms with van der Waals surface area (Å²) in [5.41, 5.74) is 0. The molecule has 0 saturated heterocycles. The van der Waals surface area contributed by atoms with Gasteiger partial charge in [-0.1, -0.05) is 13.3 Å². The summed E-state index contributed by atoms with van der Waals surface area (Å²) in [6.45, 7) is 3.00. The zero-order valence-corrected chi connectivity index (χ0v) is 12.8. The van der Waals surface area contributed by atoms with Crippen molar-refractivity contribution in [3.63, 3.8) is 0 Å². The molecule has 3 heterocycles. The van der Waals surface area contributed by atoms with Crippen molar-refractivity contribution >= 4 is 5.91 Å². The molecule has 1 atom stereocenters. The maximum Gasteiger partial charge on any atom is 0.235 e. The smallest absolute Gasteiger partial charge is 0.235 e. The molecule has 1 aliphatic heterocycles. The summed E-state index contributed by atoms with van der Waals surface area (Å²) in [5.74, 6) is 1.34. The first-order valence-electron chi connectivity index (χ1n) is 7.51. The van der Waals surface area contributed by atoms with Crippen molar-refractivity contribution in [2.45, 2.75) is 51.6 Å². The predicted octanol–water partition coefficient (Wildman–Crippen LogP) is 0.545. The highest BCUT2D eigenvalue weighted by Crippen LogP contribution is 2.26. The molecule has 3 rings (SSSR count). The number of carbonyl (C=O) groups is 1. The van der Waals surface area contributed by atoms with Crippen molar-refractivity contribution in [3.05, 3.63) is 17.6 Å². The molecule has 1 aliphatic rings. The van der Waals surface area contributed by atoms with Gasteiger partial charge in [-0.05, 0) is 23.3 Å². The second-order valence-electron chi connectivity index (χ2n) is 5.45. The number of carbonyl (C=O) groups excluding carboxylic acids is 1. The molecule has 118 valence electrons. The van der Waals surface area contributed by atoms with E-state index in [-0.39, 0.29) is 11.8 Å². The Morgan fingerprint density at radius 2 is 2.14 bits per heavy atom. The van der Waals surface area contributed by atoms with Crippen LogP contribution in [0.25, 0.3) is 0 Å². The maximum atomic E-state index is 12.7. The molecule has 1 amide bonds. The second kappa shape index (κ2) is 6.20. The molecular formula is C13H19N7O2. The van der Waals surface area contributed by atoms with Crippen molar-refractivity contribution in [1.29, 1.82) is 0 Å². The number of aryl methyl sites for hydroxylation is 2. The van der Waals surface area contributed by atoms with Crippen LogP contribution in [0.4, 0.5) is 0 Å². The minimum Gasteiger partial charge on any atom is -0.423 e. The zero-order valence-electron chi connectivity index (χ0n) is 12.8. The van der Waals surface area contributed by atoms with Crippen LogP contribution in [-0.2, 0) is 24.3 Å². The van der Waals surface area contributed by atoms with E-state index in [1.165, 1.54) is 0 Å². The lowest BCUT2D eigenvalue weighted by Gasteiger charge is -2.20. The van der Waals surface area contributed by atoms with Gasteiger partial charge >= 0.3 is 0 Å². The number of likely N-dealkylation sites (N-methyl/N-ethyl adjacent to an activating group) is 1. The zero-order chi connectivity index (χ0) is 15.5. The molecule has 9 heteroatoms. The van der Waals surface area contributed by atoms with Gasteiger partial charge in [0.1, 0.15) is 0 Å². The molecular weight excluding hydrogens is 286 g/mol. The van der Waals surface area contributed by atoms with Crippen LogP contribution in [0.3, 0.4) is 0 Å². The van der Waals surface area contributed by atoms with Crippen molar-refractivity contribution in [3.8, 4) is 0 Å². The number of aromatic nitrogens is 6. The molecule has 0 aliphatic carbocycles. The second-order valence-corrected chi connectivity index (χ2v) is 5.45. The van der Waals surface area contributed by atoms with Gasteiger partial charge in [0.2, 0.25) is 17.7 Å². The largest absolute Gasteiger partial charge is 0.423 e. The highest BCUT2D eigenvalue weighted by Gasteiger charge is 2.31. The van der Waals surface area contributed by atoms with E-state index in [9.17, 15) is 4.79 Å². The summed E-state index contributed by atoms with van der Waals surface area (Å²) in [5, 5.41) is 19.5. The molecule has 2 aromatic rings. The van der Waals surface area contributed by atoms with E-state index >= 15 is 0 Å². The number of rotatable bonds is 4. The average Bonchev–Trinajstić information content (AvgIpc) is 3.12. The molecule has 0 N–H and O–H groups in total. The molecule has 0 bridgehead atoms. The van der Waals surface area contributed by atoms with Crippen LogP contribution in [-0.4, -0.2) is 48.3 Å². The van der Waals surface area contributed by atoms with Gasteiger partial charge in [0.15, 0.2) is 5.82 Å². The summed E-state index contributed by atoms with van der Waals surface area (Å²) in [6, 6.07) is 0. The first-order valence-corrected chi connectivity index (χ1v) is 7.51. The Bertz CT molecular complexity index is 650. The third-order valence-electron chi connectivity index (χ3n) is 3.84. The molecule has 0 spiro atoms. The normalized spacial score (nSPS) is 17.8. The number of fused-ring (bicyclic) bond motifs is 1. The Kier molecular flexibility index (Phi) is 4.12. The molecule has 2 aromatic heterocycles. The average molecular weight is 305 g/mol. The summed E-state index contributed by atoms with van der Waals surface area (Å²) in [6.07, 6.45) is 3.39. The molecule has 1 unspecified atom stereocenters. The fourth-order valence-corrected chi connectivity index (χ4v) is 2.64. The van der Waals surface area contributed by atoms with Crippen LogP contribution in [0.2, 0.25) is 0 Å². The van der Waals surface area contributed by atoms with Gasteiger partial charge < -0.3 is 9.32 Å². The van der Waals surface area contributed by atoms with E-state index in [2.05, 4.69) is 25.7 Å². The van der Waals surface area contributed by atoms with E-state index in [0.717, 1.165) is 25.8 Å². The van der Waals surface area contributed by atoms with Crippen LogP contribution in [0.1, 0.15) is 49.7 Å². The van der Waals surface area contributed by atoms with E-state index in [1.807, 2.05) is 6.92 Å². The van der Waals surface area contributed by atoms with Gasteiger partial charge in [-0.3, -0.25) is 4.79 Å². The molecule has 22 heavy (non-hydrogen) atoms. The quantitative estimate of drug-likeness (QED) is 0.812. The first-order chi connectivity index (χ1) is 10.7. The molecule has 0 aromatic carbocycles. The number of amides is 1.